The number of nitrogens with two attached hydrogens (primary N) is 1. The van der Waals surface area contributed by atoms with Gasteiger partial charge < -0.3 is 15.8 Å². The molecule has 0 radical (unpaired) electrons. The first-order chi connectivity index (χ1) is 9.17. The number of alkyl halides is 2. The summed E-state index contributed by atoms with van der Waals surface area (Å²) >= 11 is 3.28. The molecule has 1 aromatic carbocycles. The van der Waals surface area contributed by atoms with Gasteiger partial charge in [0.2, 0.25) is 0 Å². The van der Waals surface area contributed by atoms with Gasteiger partial charge in [0, 0.05) is 15.6 Å². The van der Waals surface area contributed by atoms with Crippen LogP contribution >= 0.6 is 39.9 Å². The van der Waals surface area contributed by atoms with E-state index in [1.165, 1.54) is 6.07 Å². The van der Waals surface area contributed by atoms with E-state index in [0.29, 0.717) is 5.56 Å². The van der Waals surface area contributed by atoms with E-state index in [1.807, 2.05) is 20.8 Å². The minimum absolute atomic E-state index is 0. The molecule has 0 saturated heterocycles. The number of guanidine groups is 1. The third-order valence-electron chi connectivity index (χ3n) is 2.16. The van der Waals surface area contributed by atoms with E-state index in [2.05, 4.69) is 31.0 Å². The van der Waals surface area contributed by atoms with Crippen molar-refractivity contribution in [3.05, 3.63) is 28.2 Å². The lowest BCUT2D eigenvalue weighted by Gasteiger charge is -2.21. The van der Waals surface area contributed by atoms with E-state index in [9.17, 15) is 8.78 Å². The number of hydrogen-bond acceptors (Lipinski definition) is 2. The van der Waals surface area contributed by atoms with Crippen molar-refractivity contribution in [3.8, 4) is 5.75 Å². The number of benzene rings is 1. The lowest BCUT2D eigenvalue weighted by Crippen LogP contribution is -2.44. The monoisotopic (exact) mass is 477 g/mol. The van der Waals surface area contributed by atoms with Crippen LogP contribution in [0.1, 0.15) is 26.3 Å². The summed E-state index contributed by atoms with van der Waals surface area (Å²) in [5.41, 5.74) is 6.05. The van der Waals surface area contributed by atoms with Crippen LogP contribution in [-0.2, 0) is 6.54 Å². The third kappa shape index (κ3) is 8.40. The second-order valence-corrected chi connectivity index (χ2v) is 6.12. The normalized spacial score (nSPS) is 12.0. The smallest absolute Gasteiger partial charge is 0.387 e. The molecular formula is C13H19BrF2IN3O. The van der Waals surface area contributed by atoms with Gasteiger partial charge in [-0.15, -0.1) is 24.0 Å². The molecule has 0 aliphatic carbocycles. The molecule has 8 heteroatoms. The number of halogens is 4. The van der Waals surface area contributed by atoms with Gasteiger partial charge in [-0.2, -0.15) is 8.78 Å². The van der Waals surface area contributed by atoms with Crippen LogP contribution < -0.4 is 15.8 Å². The van der Waals surface area contributed by atoms with Crippen molar-refractivity contribution in [2.75, 3.05) is 0 Å². The van der Waals surface area contributed by atoms with Crippen molar-refractivity contribution >= 4 is 45.9 Å². The van der Waals surface area contributed by atoms with Crippen molar-refractivity contribution in [1.82, 2.24) is 5.32 Å². The molecule has 1 aromatic rings. The van der Waals surface area contributed by atoms with Gasteiger partial charge in [0.15, 0.2) is 5.96 Å². The van der Waals surface area contributed by atoms with Crippen molar-refractivity contribution < 1.29 is 13.5 Å². The number of aliphatic imine (C=N–C) groups is 1. The number of rotatable bonds is 4. The van der Waals surface area contributed by atoms with Crippen molar-refractivity contribution in [3.63, 3.8) is 0 Å². The van der Waals surface area contributed by atoms with E-state index in [4.69, 9.17) is 5.73 Å². The molecule has 0 saturated carbocycles. The Labute approximate surface area is 148 Å². The maximum atomic E-state index is 12.3. The summed E-state index contributed by atoms with van der Waals surface area (Å²) in [5.74, 6) is 0.344. The summed E-state index contributed by atoms with van der Waals surface area (Å²) in [6.07, 6.45) is 0. The molecule has 4 nitrogen and oxygen atoms in total. The summed E-state index contributed by atoms with van der Waals surface area (Å²) < 4.78 is 29.8. The molecule has 0 spiro atoms. The van der Waals surface area contributed by atoms with Crippen molar-refractivity contribution in [2.24, 2.45) is 10.7 Å². The summed E-state index contributed by atoms with van der Waals surface area (Å²) in [7, 11) is 0. The Bertz CT molecular complexity index is 493. The molecule has 0 atom stereocenters. The summed E-state index contributed by atoms with van der Waals surface area (Å²) in [5, 5.41) is 2.99. The SMILES string of the molecule is CC(C)(C)NC(N)=NCc1cc(Br)ccc1OC(F)F.I. The van der Waals surface area contributed by atoms with E-state index in [1.54, 1.807) is 12.1 Å². The van der Waals surface area contributed by atoms with Gasteiger partial charge in [-0.25, -0.2) is 4.99 Å². The van der Waals surface area contributed by atoms with Crippen LogP contribution in [0.2, 0.25) is 0 Å². The Kier molecular flexibility index (Phi) is 8.45. The highest BCUT2D eigenvalue weighted by Gasteiger charge is 2.12. The van der Waals surface area contributed by atoms with Gasteiger partial charge in [0.1, 0.15) is 5.75 Å². The van der Waals surface area contributed by atoms with Crippen molar-refractivity contribution in [2.45, 2.75) is 39.5 Å². The molecule has 1 rings (SSSR count). The Morgan fingerprint density at radius 3 is 2.57 bits per heavy atom. The van der Waals surface area contributed by atoms with Gasteiger partial charge in [-0.3, -0.25) is 0 Å². The van der Waals surface area contributed by atoms with Crippen LogP contribution in [0.15, 0.2) is 27.7 Å². The van der Waals surface area contributed by atoms with E-state index < -0.39 is 6.61 Å². The first-order valence-corrected chi connectivity index (χ1v) is 6.78. The molecule has 0 aliphatic rings. The highest BCUT2D eigenvalue weighted by atomic mass is 127. The zero-order chi connectivity index (χ0) is 15.3. The first-order valence-electron chi connectivity index (χ1n) is 5.99. The van der Waals surface area contributed by atoms with Crippen LogP contribution in [0.25, 0.3) is 0 Å². The quantitative estimate of drug-likeness (QED) is 0.393. The van der Waals surface area contributed by atoms with Gasteiger partial charge in [-0.1, -0.05) is 15.9 Å². The highest BCUT2D eigenvalue weighted by Crippen LogP contribution is 2.25. The van der Waals surface area contributed by atoms with Crippen LogP contribution in [-0.4, -0.2) is 18.1 Å². The average molecular weight is 478 g/mol. The Hall–Kier alpha value is -0.640. The second-order valence-electron chi connectivity index (χ2n) is 5.21. The largest absolute Gasteiger partial charge is 0.434 e. The fourth-order valence-electron chi connectivity index (χ4n) is 1.48. The molecule has 3 N–H and O–H groups in total. The molecule has 0 aromatic heterocycles. The van der Waals surface area contributed by atoms with Gasteiger partial charge >= 0.3 is 6.61 Å². The van der Waals surface area contributed by atoms with Gasteiger partial charge in [-0.05, 0) is 39.0 Å². The van der Waals surface area contributed by atoms with E-state index in [0.717, 1.165) is 4.47 Å². The lowest BCUT2D eigenvalue weighted by atomic mass is 10.1. The molecule has 0 fully saturated rings. The number of nitrogens with one attached hydrogen (secondary N) is 1. The summed E-state index contributed by atoms with van der Waals surface area (Å²) in [6.45, 7) is 3.11. The standard InChI is InChI=1S/C13H18BrF2N3O.HI/c1-13(2,3)19-12(17)18-7-8-6-9(14)4-5-10(8)20-11(15)16;/h4-6,11H,7H2,1-3H3,(H3,17,18,19);1H. The highest BCUT2D eigenvalue weighted by molar-refractivity contribution is 14.0. The minimum Gasteiger partial charge on any atom is -0.434 e. The minimum atomic E-state index is -2.87. The molecule has 0 unspecified atom stereocenters. The Balaban J connectivity index is 0.00000400. The number of nitrogens with zero attached hydrogens (tertiary/aromatic N) is 1. The van der Waals surface area contributed by atoms with Gasteiger partial charge in [0.25, 0.3) is 0 Å². The maximum Gasteiger partial charge on any atom is 0.387 e. The molecular weight excluding hydrogens is 459 g/mol. The molecule has 0 heterocycles. The topological polar surface area (TPSA) is 59.6 Å². The third-order valence-corrected chi connectivity index (χ3v) is 2.65. The number of ether oxygens (including phenoxy) is 1. The molecule has 0 aliphatic heterocycles. The number of hydrogen-bond donors (Lipinski definition) is 2. The first kappa shape index (κ1) is 20.4. The fraction of sp³-hybridized carbons (Fsp3) is 0.462. The lowest BCUT2D eigenvalue weighted by molar-refractivity contribution is -0.0504. The van der Waals surface area contributed by atoms with Gasteiger partial charge in [0.05, 0.1) is 6.54 Å². The van der Waals surface area contributed by atoms with E-state index in [-0.39, 0.29) is 47.8 Å². The zero-order valence-corrected chi connectivity index (χ0v) is 15.9. The molecule has 0 bridgehead atoms. The fourth-order valence-corrected chi connectivity index (χ4v) is 1.89. The van der Waals surface area contributed by atoms with Crippen molar-refractivity contribution in [1.29, 1.82) is 0 Å². The zero-order valence-electron chi connectivity index (χ0n) is 12.0. The second kappa shape index (κ2) is 8.72. The van der Waals surface area contributed by atoms with Crippen LogP contribution in [0.3, 0.4) is 0 Å². The predicted octanol–water partition coefficient (Wildman–Crippen LogP) is 3.87. The Morgan fingerprint density at radius 1 is 1.43 bits per heavy atom. The molecule has 120 valence electrons. The molecule has 21 heavy (non-hydrogen) atoms. The Morgan fingerprint density at radius 2 is 2.05 bits per heavy atom. The van der Waals surface area contributed by atoms with E-state index >= 15 is 0 Å². The summed E-state index contributed by atoms with van der Waals surface area (Å²) in [6, 6.07) is 4.77. The average Bonchev–Trinajstić information content (AvgIpc) is 2.26. The van der Waals surface area contributed by atoms with Crippen LogP contribution in [0.4, 0.5) is 8.78 Å². The van der Waals surface area contributed by atoms with Crippen LogP contribution in [0, 0.1) is 0 Å². The van der Waals surface area contributed by atoms with Crippen LogP contribution in [0.5, 0.6) is 5.75 Å². The predicted molar refractivity (Wildman–Crippen MR) is 94.4 cm³/mol. The maximum absolute atomic E-state index is 12.3. The summed E-state index contributed by atoms with van der Waals surface area (Å²) in [4.78, 5) is 4.13. The molecule has 0 amide bonds.